The highest BCUT2D eigenvalue weighted by Gasteiger charge is 2.12. The van der Waals surface area contributed by atoms with E-state index in [1.165, 1.54) is 18.4 Å². The third-order valence-corrected chi connectivity index (χ3v) is 4.85. The lowest BCUT2D eigenvalue weighted by atomic mass is 10.1. The summed E-state index contributed by atoms with van der Waals surface area (Å²) in [5.41, 5.74) is 3.35. The van der Waals surface area contributed by atoms with Crippen molar-refractivity contribution < 1.29 is 0 Å². The molecule has 0 bridgehead atoms. The van der Waals surface area contributed by atoms with Gasteiger partial charge >= 0.3 is 0 Å². The first kappa shape index (κ1) is 21.4. The molecule has 0 aliphatic carbocycles. The van der Waals surface area contributed by atoms with Crippen molar-refractivity contribution in [2.45, 2.75) is 40.2 Å². The summed E-state index contributed by atoms with van der Waals surface area (Å²) in [4.78, 5) is 9.37. The van der Waals surface area contributed by atoms with Crippen LogP contribution in [-0.4, -0.2) is 60.4 Å². The Kier molecular flexibility index (Phi) is 8.75. The second kappa shape index (κ2) is 11.0. The minimum absolute atomic E-state index is 0.754. The van der Waals surface area contributed by atoms with Crippen molar-refractivity contribution in [3.63, 3.8) is 0 Å². The van der Waals surface area contributed by atoms with E-state index in [9.17, 15) is 0 Å². The molecule has 0 aromatic carbocycles. The summed E-state index contributed by atoms with van der Waals surface area (Å²) in [7, 11) is 4.11. The third kappa shape index (κ3) is 6.63. The van der Waals surface area contributed by atoms with Crippen LogP contribution in [-0.2, 0) is 6.54 Å². The van der Waals surface area contributed by atoms with Gasteiger partial charge < -0.3 is 15.1 Å². The van der Waals surface area contributed by atoms with Crippen LogP contribution in [0.2, 0.25) is 0 Å². The molecule has 2 rings (SSSR count). The molecular formula is C21H36N6. The van der Waals surface area contributed by atoms with Gasteiger partial charge in [0.25, 0.3) is 0 Å². The molecule has 2 N–H and O–H groups in total. The van der Waals surface area contributed by atoms with E-state index in [2.05, 4.69) is 65.3 Å². The molecule has 150 valence electrons. The average Bonchev–Trinajstić information content (AvgIpc) is 3.11. The van der Waals surface area contributed by atoms with Gasteiger partial charge in [0.15, 0.2) is 0 Å². The molecule has 0 amide bonds. The second-order valence-corrected chi connectivity index (χ2v) is 7.63. The third-order valence-electron chi connectivity index (χ3n) is 4.85. The summed E-state index contributed by atoms with van der Waals surface area (Å²) in [5, 5.41) is 10.6. The number of hydrogen-bond acceptors (Lipinski definition) is 5. The van der Waals surface area contributed by atoms with Crippen molar-refractivity contribution in [2.24, 2.45) is 5.92 Å². The number of anilines is 1. The van der Waals surface area contributed by atoms with Gasteiger partial charge in [-0.05, 0) is 51.9 Å². The zero-order valence-corrected chi connectivity index (χ0v) is 17.6. The Morgan fingerprint density at radius 1 is 1.19 bits per heavy atom. The average molecular weight is 373 g/mol. The molecular weight excluding hydrogens is 336 g/mol. The van der Waals surface area contributed by atoms with E-state index in [0.29, 0.717) is 0 Å². The lowest BCUT2D eigenvalue weighted by Crippen LogP contribution is -2.27. The van der Waals surface area contributed by atoms with Crippen LogP contribution < -0.4 is 10.2 Å². The highest BCUT2D eigenvalue weighted by molar-refractivity contribution is 5.63. The number of H-pyrrole nitrogens is 1. The first-order chi connectivity index (χ1) is 13.0. The first-order valence-electron chi connectivity index (χ1n) is 10.1. The number of aromatic amines is 1. The molecule has 2 aromatic rings. The van der Waals surface area contributed by atoms with E-state index >= 15 is 0 Å². The molecule has 2 aromatic heterocycles. The van der Waals surface area contributed by atoms with Crippen LogP contribution in [0.5, 0.6) is 0 Å². The van der Waals surface area contributed by atoms with Gasteiger partial charge in [-0.3, -0.25) is 5.10 Å². The van der Waals surface area contributed by atoms with Crippen LogP contribution >= 0.6 is 0 Å². The summed E-state index contributed by atoms with van der Waals surface area (Å²) in [6, 6.07) is 4.28. The molecule has 0 saturated heterocycles. The van der Waals surface area contributed by atoms with Gasteiger partial charge in [-0.1, -0.05) is 13.8 Å². The Hall–Kier alpha value is -1.92. The molecule has 6 heteroatoms. The molecule has 6 nitrogen and oxygen atoms in total. The Balaban J connectivity index is 2.03. The van der Waals surface area contributed by atoms with E-state index in [1.54, 1.807) is 0 Å². The van der Waals surface area contributed by atoms with Crippen molar-refractivity contribution >= 4 is 5.82 Å². The van der Waals surface area contributed by atoms with Crippen molar-refractivity contribution in [1.29, 1.82) is 0 Å². The van der Waals surface area contributed by atoms with E-state index < -0.39 is 0 Å². The van der Waals surface area contributed by atoms with Crippen LogP contribution in [0.15, 0.2) is 24.5 Å². The van der Waals surface area contributed by atoms with Gasteiger partial charge in [0.2, 0.25) is 0 Å². The monoisotopic (exact) mass is 372 g/mol. The molecule has 27 heavy (non-hydrogen) atoms. The summed E-state index contributed by atoms with van der Waals surface area (Å²) >= 11 is 0. The molecule has 0 unspecified atom stereocenters. The topological polar surface area (TPSA) is 60.1 Å². The van der Waals surface area contributed by atoms with Crippen molar-refractivity contribution in [1.82, 2.24) is 25.4 Å². The predicted octanol–water partition coefficient (Wildman–Crippen LogP) is 3.39. The zero-order valence-electron chi connectivity index (χ0n) is 17.6. The fourth-order valence-electron chi connectivity index (χ4n) is 3.20. The largest absolute Gasteiger partial charge is 0.357 e. The van der Waals surface area contributed by atoms with Gasteiger partial charge in [-0.15, -0.1) is 0 Å². The highest BCUT2D eigenvalue weighted by Crippen LogP contribution is 2.23. The Labute approximate surface area is 164 Å². The molecule has 0 fully saturated rings. The van der Waals surface area contributed by atoms with Crippen LogP contribution in [0.25, 0.3) is 11.3 Å². The highest BCUT2D eigenvalue weighted by atomic mass is 15.2. The standard InChI is InChI=1S/C21H36N6/c1-6-27(12-7-8-17(2)3)20-10-9-18(14-23-20)21-19(15-24-25-21)16-26(5)13-11-22-4/h9-10,14-15,17,22H,6-8,11-13,16H2,1-5H3,(H,24,25). The Morgan fingerprint density at radius 3 is 2.63 bits per heavy atom. The molecule has 0 aliphatic heterocycles. The van der Waals surface area contributed by atoms with Gasteiger partial charge in [0.05, 0.1) is 11.9 Å². The van der Waals surface area contributed by atoms with Gasteiger partial charge in [0.1, 0.15) is 5.82 Å². The molecule has 0 aliphatic rings. The Bertz CT molecular complexity index is 649. The maximum Gasteiger partial charge on any atom is 0.128 e. The number of likely N-dealkylation sites (N-methyl/N-ethyl adjacent to an activating group) is 2. The lowest BCUT2D eigenvalue weighted by molar-refractivity contribution is 0.328. The number of aromatic nitrogens is 3. The van der Waals surface area contributed by atoms with Crippen LogP contribution in [0.4, 0.5) is 5.82 Å². The summed E-state index contributed by atoms with van der Waals surface area (Å²) in [5.74, 6) is 1.81. The maximum atomic E-state index is 4.73. The molecule has 0 saturated carbocycles. The maximum absolute atomic E-state index is 4.73. The first-order valence-corrected chi connectivity index (χ1v) is 10.1. The second-order valence-electron chi connectivity index (χ2n) is 7.63. The van der Waals surface area contributed by atoms with E-state index in [0.717, 1.165) is 55.7 Å². The Morgan fingerprint density at radius 2 is 2.00 bits per heavy atom. The van der Waals surface area contributed by atoms with Crippen molar-refractivity contribution in [3.05, 3.63) is 30.1 Å². The van der Waals surface area contributed by atoms with Gasteiger partial charge in [-0.25, -0.2) is 4.98 Å². The van der Waals surface area contributed by atoms with Crippen LogP contribution in [0.1, 0.15) is 39.2 Å². The SMILES string of the molecule is CCN(CCCC(C)C)c1ccc(-c2[nH]ncc2CN(C)CCNC)cn1. The number of nitrogens with zero attached hydrogens (tertiary/aromatic N) is 4. The van der Waals surface area contributed by atoms with Gasteiger partial charge in [0, 0.05) is 50.0 Å². The normalized spacial score (nSPS) is 11.5. The minimum Gasteiger partial charge on any atom is -0.357 e. The number of nitrogens with one attached hydrogen (secondary N) is 2. The van der Waals surface area contributed by atoms with Gasteiger partial charge in [-0.2, -0.15) is 5.10 Å². The quantitative estimate of drug-likeness (QED) is 0.598. The number of rotatable bonds is 12. The predicted molar refractivity (Wildman–Crippen MR) is 114 cm³/mol. The van der Waals surface area contributed by atoms with E-state index in [4.69, 9.17) is 4.98 Å². The fourth-order valence-corrected chi connectivity index (χ4v) is 3.20. The molecule has 2 heterocycles. The number of pyridine rings is 1. The summed E-state index contributed by atoms with van der Waals surface area (Å²) in [6.45, 7) is 11.6. The minimum atomic E-state index is 0.754. The molecule has 0 atom stereocenters. The summed E-state index contributed by atoms with van der Waals surface area (Å²) in [6.07, 6.45) is 6.35. The van der Waals surface area contributed by atoms with Crippen LogP contribution in [0, 0.1) is 5.92 Å². The summed E-state index contributed by atoms with van der Waals surface area (Å²) < 4.78 is 0. The van der Waals surface area contributed by atoms with E-state index in [1.807, 2.05) is 19.4 Å². The number of hydrogen-bond donors (Lipinski definition) is 2. The molecule has 0 spiro atoms. The van der Waals surface area contributed by atoms with E-state index in [-0.39, 0.29) is 0 Å². The van der Waals surface area contributed by atoms with Crippen molar-refractivity contribution in [3.8, 4) is 11.3 Å². The smallest absolute Gasteiger partial charge is 0.128 e. The van der Waals surface area contributed by atoms with Crippen molar-refractivity contribution in [2.75, 3.05) is 45.2 Å². The zero-order chi connectivity index (χ0) is 19.6. The fraction of sp³-hybridized carbons (Fsp3) is 0.619. The van der Waals surface area contributed by atoms with Crippen LogP contribution in [0.3, 0.4) is 0 Å². The lowest BCUT2D eigenvalue weighted by Gasteiger charge is -2.22. The molecule has 0 radical (unpaired) electrons.